The molecule has 0 unspecified atom stereocenters. The van der Waals surface area contributed by atoms with Crippen molar-refractivity contribution in [3.05, 3.63) is 74.8 Å². The molecule has 6 heteroatoms. The van der Waals surface area contributed by atoms with E-state index in [1.54, 1.807) is 0 Å². The van der Waals surface area contributed by atoms with Crippen LogP contribution in [0.25, 0.3) is 16.8 Å². The van der Waals surface area contributed by atoms with E-state index in [1.165, 1.54) is 28.9 Å². The summed E-state index contributed by atoms with van der Waals surface area (Å²) in [4.78, 5) is 6.52. The summed E-state index contributed by atoms with van der Waals surface area (Å²) >= 11 is 7.40. The number of aromatic nitrogens is 1. The lowest BCUT2D eigenvalue weighted by Crippen LogP contribution is -2.26. The highest BCUT2D eigenvalue weighted by atomic mass is 35.5. The van der Waals surface area contributed by atoms with Crippen molar-refractivity contribution < 1.29 is 5.11 Å². The Morgan fingerprint density at radius 1 is 1.07 bits per heavy atom. The first-order chi connectivity index (χ1) is 13.6. The first kappa shape index (κ1) is 17.5. The van der Waals surface area contributed by atoms with Gasteiger partial charge in [0.05, 0.1) is 17.8 Å². The molecule has 0 bridgehead atoms. The molecule has 0 radical (unpaired) electrons. The van der Waals surface area contributed by atoms with Crippen molar-refractivity contribution in [3.63, 3.8) is 0 Å². The van der Waals surface area contributed by atoms with Gasteiger partial charge in [0.25, 0.3) is 0 Å². The Bertz CT molecular complexity index is 1120. The highest BCUT2D eigenvalue weighted by Gasteiger charge is 2.31. The van der Waals surface area contributed by atoms with Gasteiger partial charge in [-0.15, -0.1) is 11.3 Å². The van der Waals surface area contributed by atoms with Gasteiger partial charge < -0.3 is 10.0 Å². The van der Waals surface area contributed by atoms with E-state index in [4.69, 9.17) is 17.0 Å². The molecule has 2 heterocycles. The fourth-order valence-electron chi connectivity index (χ4n) is 3.89. The van der Waals surface area contributed by atoms with Crippen molar-refractivity contribution in [1.29, 1.82) is 5.41 Å². The molecular weight excluding hydrogens is 390 g/mol. The van der Waals surface area contributed by atoms with E-state index in [0.717, 1.165) is 29.8 Å². The molecule has 2 aromatic carbocycles. The topological polar surface area (TPSA) is 60.2 Å². The van der Waals surface area contributed by atoms with Crippen LogP contribution >= 0.6 is 22.9 Å². The van der Waals surface area contributed by atoms with Gasteiger partial charge in [-0.1, -0.05) is 29.8 Å². The quantitative estimate of drug-likeness (QED) is 0.583. The zero-order valence-electron chi connectivity index (χ0n) is 15.1. The lowest BCUT2D eigenvalue weighted by Gasteiger charge is -2.19. The van der Waals surface area contributed by atoms with E-state index >= 15 is 0 Å². The number of nitrogens with zero attached hydrogens (tertiary/aromatic N) is 2. The SMILES string of the molecule is N=C1C(c2nc(-c3ccc(Cl)cc3)cs2)=C(O)CN1c1ccc2c(c1)CCC2. The van der Waals surface area contributed by atoms with Gasteiger partial charge in [-0.3, -0.25) is 5.41 Å². The van der Waals surface area contributed by atoms with Crippen LogP contribution in [-0.2, 0) is 12.8 Å². The first-order valence-corrected chi connectivity index (χ1v) is 10.5. The molecular formula is C22H18ClN3OS. The van der Waals surface area contributed by atoms with Gasteiger partial charge in [0.2, 0.25) is 0 Å². The number of fused-ring (bicyclic) bond motifs is 1. The molecule has 1 aromatic heterocycles. The number of amidine groups is 1. The average Bonchev–Trinajstić information content (AvgIpc) is 3.41. The molecule has 3 aromatic rings. The van der Waals surface area contributed by atoms with Crippen molar-refractivity contribution in [2.45, 2.75) is 19.3 Å². The van der Waals surface area contributed by atoms with E-state index in [1.807, 2.05) is 34.5 Å². The number of rotatable bonds is 3. The number of thiazole rings is 1. The number of aliphatic hydroxyl groups is 1. The maximum Gasteiger partial charge on any atom is 0.139 e. The van der Waals surface area contributed by atoms with Crippen LogP contribution in [0.3, 0.4) is 0 Å². The van der Waals surface area contributed by atoms with E-state index < -0.39 is 0 Å². The van der Waals surface area contributed by atoms with Crippen LogP contribution in [0.5, 0.6) is 0 Å². The summed E-state index contributed by atoms with van der Waals surface area (Å²) in [6.07, 6.45) is 3.42. The summed E-state index contributed by atoms with van der Waals surface area (Å²) in [6.45, 7) is 0.308. The molecule has 0 spiro atoms. The van der Waals surface area contributed by atoms with Crippen molar-refractivity contribution in [1.82, 2.24) is 4.98 Å². The van der Waals surface area contributed by atoms with Gasteiger partial charge >= 0.3 is 0 Å². The van der Waals surface area contributed by atoms with Crippen molar-refractivity contribution >= 4 is 40.0 Å². The lowest BCUT2D eigenvalue weighted by molar-refractivity contribution is 0.411. The first-order valence-electron chi connectivity index (χ1n) is 9.22. The number of halogens is 1. The maximum absolute atomic E-state index is 10.6. The second-order valence-corrected chi connectivity index (χ2v) is 8.40. The Kier molecular flexibility index (Phi) is 4.22. The third-order valence-corrected chi connectivity index (χ3v) is 6.47. The Morgan fingerprint density at radius 2 is 1.86 bits per heavy atom. The molecule has 0 saturated carbocycles. The largest absolute Gasteiger partial charge is 0.510 e. The molecule has 0 fully saturated rings. The molecule has 1 aliphatic heterocycles. The highest BCUT2D eigenvalue weighted by molar-refractivity contribution is 7.11. The number of nitrogens with one attached hydrogen (secondary N) is 1. The van der Waals surface area contributed by atoms with Gasteiger partial charge in [-0.25, -0.2) is 4.98 Å². The number of aliphatic hydroxyl groups excluding tert-OH is 1. The molecule has 4 nitrogen and oxygen atoms in total. The minimum atomic E-state index is 0.197. The minimum absolute atomic E-state index is 0.197. The summed E-state index contributed by atoms with van der Waals surface area (Å²) in [6, 6.07) is 13.9. The normalized spacial score (nSPS) is 16.2. The van der Waals surface area contributed by atoms with Gasteiger partial charge in [0.15, 0.2) is 0 Å². The molecule has 0 amide bonds. The zero-order chi connectivity index (χ0) is 19.3. The van der Waals surface area contributed by atoms with Crippen molar-refractivity contribution in [3.8, 4) is 11.3 Å². The predicted octanol–water partition coefficient (Wildman–Crippen LogP) is 5.72. The Balaban J connectivity index is 1.44. The Labute approximate surface area is 172 Å². The van der Waals surface area contributed by atoms with E-state index in [-0.39, 0.29) is 5.76 Å². The van der Waals surface area contributed by atoms with E-state index in [9.17, 15) is 5.11 Å². The van der Waals surface area contributed by atoms with Gasteiger partial charge in [-0.05, 0) is 54.7 Å². The van der Waals surface area contributed by atoms with Crippen LogP contribution in [0.4, 0.5) is 5.69 Å². The van der Waals surface area contributed by atoms with Gasteiger partial charge in [-0.2, -0.15) is 0 Å². The molecule has 5 rings (SSSR count). The van der Waals surface area contributed by atoms with Crippen LogP contribution in [0.2, 0.25) is 5.02 Å². The third-order valence-electron chi connectivity index (χ3n) is 5.35. The predicted molar refractivity (Wildman–Crippen MR) is 116 cm³/mol. The van der Waals surface area contributed by atoms with Crippen molar-refractivity contribution in [2.24, 2.45) is 0 Å². The van der Waals surface area contributed by atoms with E-state index in [0.29, 0.717) is 28.0 Å². The summed E-state index contributed by atoms with van der Waals surface area (Å²) in [5, 5.41) is 22.6. The zero-order valence-corrected chi connectivity index (χ0v) is 16.6. The highest BCUT2D eigenvalue weighted by Crippen LogP contribution is 2.36. The standard InChI is InChI=1S/C22H18ClN3OS/c23-16-7-4-14(5-8-16)18-12-28-22(25-18)20-19(27)11-26(21(20)24)17-9-6-13-2-1-3-15(13)10-17/h4-10,12,24,27H,1-3,11H2. The maximum atomic E-state index is 10.6. The summed E-state index contributed by atoms with van der Waals surface area (Å²) < 4.78 is 0. The molecule has 1 aliphatic carbocycles. The van der Waals surface area contributed by atoms with Crippen molar-refractivity contribution in [2.75, 3.05) is 11.4 Å². The van der Waals surface area contributed by atoms with Gasteiger partial charge in [0, 0.05) is 21.7 Å². The molecule has 0 saturated heterocycles. The summed E-state index contributed by atoms with van der Waals surface area (Å²) in [5.41, 5.74) is 6.03. The molecule has 140 valence electrons. The third kappa shape index (κ3) is 2.91. The monoisotopic (exact) mass is 407 g/mol. The summed E-state index contributed by atoms with van der Waals surface area (Å²) in [7, 11) is 0. The molecule has 2 aliphatic rings. The van der Waals surface area contributed by atoms with Crippen LogP contribution in [0.1, 0.15) is 22.6 Å². The second-order valence-electron chi connectivity index (χ2n) is 7.11. The Morgan fingerprint density at radius 3 is 2.68 bits per heavy atom. The number of benzene rings is 2. The smallest absolute Gasteiger partial charge is 0.139 e. The molecule has 0 atom stereocenters. The number of anilines is 1. The minimum Gasteiger partial charge on any atom is -0.510 e. The fraction of sp³-hybridized carbons (Fsp3) is 0.182. The van der Waals surface area contributed by atoms with E-state index in [2.05, 4.69) is 23.2 Å². The van der Waals surface area contributed by atoms with Gasteiger partial charge in [0.1, 0.15) is 16.6 Å². The van der Waals surface area contributed by atoms with Crippen LogP contribution < -0.4 is 4.90 Å². The molecule has 28 heavy (non-hydrogen) atoms. The average molecular weight is 408 g/mol. The Hall–Kier alpha value is -2.63. The second kappa shape index (κ2) is 6.76. The van der Waals surface area contributed by atoms with Crippen LogP contribution in [0.15, 0.2) is 53.6 Å². The number of aryl methyl sites for hydroxylation is 2. The fourth-order valence-corrected chi connectivity index (χ4v) is 4.91. The summed E-state index contributed by atoms with van der Waals surface area (Å²) in [5.74, 6) is 0.495. The molecule has 2 N–H and O–H groups in total. The lowest BCUT2D eigenvalue weighted by atomic mass is 10.1. The number of hydrogen-bond acceptors (Lipinski definition) is 4. The number of hydrogen-bond donors (Lipinski definition) is 2. The van der Waals surface area contributed by atoms with Crippen LogP contribution in [0, 0.1) is 5.41 Å². The van der Waals surface area contributed by atoms with Crippen LogP contribution in [-0.4, -0.2) is 22.5 Å².